The van der Waals surface area contributed by atoms with Crippen LogP contribution in [0.3, 0.4) is 0 Å². The number of nitrogens with zero attached hydrogens (tertiary/aromatic N) is 2. The quantitative estimate of drug-likeness (QED) is 0.752. The van der Waals surface area contributed by atoms with Crippen LogP contribution in [0.25, 0.3) is 10.9 Å². The highest BCUT2D eigenvalue weighted by Gasteiger charge is 2.37. The van der Waals surface area contributed by atoms with Crippen LogP contribution in [0.1, 0.15) is 28.5 Å². The molecule has 1 fully saturated rings. The van der Waals surface area contributed by atoms with E-state index in [1.54, 1.807) is 12.1 Å². The number of β-amino-alcohol motifs (C(OH)–C–C–N with tert-alkyl or cyclic N) is 1. The fraction of sp³-hybridized carbons (Fsp3) is 0.222. The number of hydrogen-bond acceptors (Lipinski definition) is 3. The van der Waals surface area contributed by atoms with Gasteiger partial charge in [-0.2, -0.15) is 5.10 Å². The molecule has 2 aromatic carbocycles. The van der Waals surface area contributed by atoms with Crippen LogP contribution >= 0.6 is 0 Å². The fourth-order valence-electron chi connectivity index (χ4n) is 3.34. The summed E-state index contributed by atoms with van der Waals surface area (Å²) in [6.07, 6.45) is -0.466. The van der Waals surface area contributed by atoms with Gasteiger partial charge in [0.15, 0.2) is 17.3 Å². The number of carbonyl (C=O) groups excluding carboxylic acids is 1. The van der Waals surface area contributed by atoms with Crippen molar-refractivity contribution in [3.63, 3.8) is 0 Å². The van der Waals surface area contributed by atoms with Gasteiger partial charge in [-0.05, 0) is 30.2 Å². The fourth-order valence-corrected chi connectivity index (χ4v) is 3.34. The first-order valence-electron chi connectivity index (χ1n) is 7.91. The second-order valence-corrected chi connectivity index (χ2v) is 6.15. The molecule has 1 aromatic heterocycles. The molecule has 7 heteroatoms. The number of likely N-dealkylation sites (tertiary alicyclic amines) is 1. The van der Waals surface area contributed by atoms with Crippen LogP contribution in [0.2, 0.25) is 0 Å². The molecule has 2 N–H and O–H groups in total. The Bertz CT molecular complexity index is 956. The molecule has 0 radical (unpaired) electrons. The van der Waals surface area contributed by atoms with E-state index in [9.17, 15) is 18.7 Å². The lowest BCUT2D eigenvalue weighted by Gasteiger charge is -2.24. The van der Waals surface area contributed by atoms with Crippen molar-refractivity contribution in [3.8, 4) is 0 Å². The zero-order valence-corrected chi connectivity index (χ0v) is 13.1. The number of aromatic nitrogens is 2. The van der Waals surface area contributed by atoms with Crippen molar-refractivity contribution in [2.45, 2.75) is 18.6 Å². The standard InChI is InChI=1S/C18H15F2N3O2/c19-13-6-5-10(7-14(13)20)16-8-11(24)9-23(16)18(25)17-12-3-1-2-4-15(12)21-22-17/h1-7,11,16,24H,8-9H2,(H,21,22)/t11-,16-/m1/s1. The molecule has 1 aliphatic heterocycles. The molecule has 1 amide bonds. The van der Waals surface area contributed by atoms with Gasteiger partial charge in [0.1, 0.15) is 0 Å². The topological polar surface area (TPSA) is 69.2 Å². The lowest BCUT2D eigenvalue weighted by Crippen LogP contribution is -2.32. The predicted octanol–water partition coefficient (Wildman–Crippen LogP) is 2.79. The lowest BCUT2D eigenvalue weighted by molar-refractivity contribution is 0.0711. The van der Waals surface area contributed by atoms with Crippen LogP contribution in [0.15, 0.2) is 42.5 Å². The molecule has 1 saturated heterocycles. The van der Waals surface area contributed by atoms with Crippen molar-refractivity contribution in [2.24, 2.45) is 0 Å². The second-order valence-electron chi connectivity index (χ2n) is 6.15. The average Bonchev–Trinajstić information content (AvgIpc) is 3.20. The number of amides is 1. The maximum atomic E-state index is 13.6. The van der Waals surface area contributed by atoms with E-state index in [-0.39, 0.29) is 24.6 Å². The summed E-state index contributed by atoms with van der Waals surface area (Å²) in [7, 11) is 0. The van der Waals surface area contributed by atoms with Gasteiger partial charge >= 0.3 is 0 Å². The summed E-state index contributed by atoms with van der Waals surface area (Å²) in [5, 5.41) is 17.6. The lowest BCUT2D eigenvalue weighted by atomic mass is 10.0. The van der Waals surface area contributed by atoms with E-state index in [4.69, 9.17) is 0 Å². The molecule has 2 atom stereocenters. The molecular formula is C18H15F2N3O2. The second kappa shape index (κ2) is 5.93. The van der Waals surface area contributed by atoms with E-state index in [1.807, 2.05) is 12.1 Å². The van der Waals surface area contributed by atoms with Crippen molar-refractivity contribution in [2.75, 3.05) is 6.54 Å². The zero-order chi connectivity index (χ0) is 17.6. The molecule has 128 valence electrons. The van der Waals surface area contributed by atoms with Gasteiger partial charge in [-0.3, -0.25) is 9.89 Å². The van der Waals surface area contributed by atoms with Gasteiger partial charge in [-0.15, -0.1) is 0 Å². The number of carbonyl (C=O) groups is 1. The molecule has 0 unspecified atom stereocenters. The highest BCUT2D eigenvalue weighted by Crippen LogP contribution is 2.34. The summed E-state index contributed by atoms with van der Waals surface area (Å²) < 4.78 is 26.8. The Morgan fingerprint density at radius 2 is 2.00 bits per heavy atom. The molecule has 0 saturated carbocycles. The Morgan fingerprint density at radius 3 is 2.80 bits per heavy atom. The number of halogens is 2. The first kappa shape index (κ1) is 15.7. The Labute approximate surface area is 141 Å². The van der Waals surface area contributed by atoms with E-state index < -0.39 is 23.8 Å². The Balaban J connectivity index is 1.72. The number of fused-ring (bicyclic) bond motifs is 1. The van der Waals surface area contributed by atoms with Crippen molar-refractivity contribution in [1.29, 1.82) is 0 Å². The van der Waals surface area contributed by atoms with Gasteiger partial charge in [0.05, 0.1) is 17.7 Å². The summed E-state index contributed by atoms with van der Waals surface area (Å²) in [5.41, 5.74) is 1.43. The number of aromatic amines is 1. The summed E-state index contributed by atoms with van der Waals surface area (Å²) in [6.45, 7) is 0.115. The SMILES string of the molecule is O=C(c1n[nH]c2ccccc12)N1C[C@H](O)C[C@@H]1c1ccc(F)c(F)c1. The molecule has 0 bridgehead atoms. The molecule has 0 spiro atoms. The molecular weight excluding hydrogens is 328 g/mol. The molecule has 0 aliphatic carbocycles. The van der Waals surface area contributed by atoms with Crippen molar-refractivity contribution in [1.82, 2.24) is 15.1 Å². The van der Waals surface area contributed by atoms with Crippen LogP contribution < -0.4 is 0 Å². The van der Waals surface area contributed by atoms with Crippen LogP contribution in [0, 0.1) is 11.6 Å². The largest absolute Gasteiger partial charge is 0.391 e. The molecule has 1 aliphatic rings. The van der Waals surface area contributed by atoms with Crippen molar-refractivity contribution < 1.29 is 18.7 Å². The minimum absolute atomic E-state index is 0.115. The Hall–Kier alpha value is -2.80. The number of rotatable bonds is 2. The smallest absolute Gasteiger partial charge is 0.275 e. The molecule has 25 heavy (non-hydrogen) atoms. The third-order valence-electron chi connectivity index (χ3n) is 4.54. The zero-order valence-electron chi connectivity index (χ0n) is 13.1. The predicted molar refractivity (Wildman–Crippen MR) is 86.9 cm³/mol. The first-order chi connectivity index (χ1) is 12.0. The molecule has 3 aromatic rings. The third kappa shape index (κ3) is 2.66. The van der Waals surface area contributed by atoms with Crippen LogP contribution in [-0.4, -0.2) is 38.8 Å². The summed E-state index contributed by atoms with van der Waals surface area (Å²) >= 11 is 0. The van der Waals surface area contributed by atoms with Crippen LogP contribution in [0.5, 0.6) is 0 Å². The summed E-state index contributed by atoms with van der Waals surface area (Å²) in [5.74, 6) is -2.28. The number of nitrogens with one attached hydrogen (secondary N) is 1. The van der Waals surface area contributed by atoms with Gasteiger partial charge in [-0.25, -0.2) is 8.78 Å². The first-order valence-corrected chi connectivity index (χ1v) is 7.91. The minimum Gasteiger partial charge on any atom is -0.391 e. The highest BCUT2D eigenvalue weighted by atomic mass is 19.2. The number of benzene rings is 2. The van der Waals surface area contributed by atoms with E-state index in [0.29, 0.717) is 10.9 Å². The van der Waals surface area contributed by atoms with Crippen LogP contribution in [-0.2, 0) is 0 Å². The Kier molecular flexibility index (Phi) is 3.73. The minimum atomic E-state index is -0.975. The number of H-pyrrole nitrogens is 1. The van der Waals surface area contributed by atoms with Gasteiger partial charge in [-0.1, -0.05) is 24.3 Å². The van der Waals surface area contributed by atoms with E-state index in [2.05, 4.69) is 10.2 Å². The van der Waals surface area contributed by atoms with Gasteiger partial charge in [0.2, 0.25) is 0 Å². The number of para-hydroxylation sites is 1. The Morgan fingerprint density at radius 1 is 1.20 bits per heavy atom. The molecule has 5 nitrogen and oxygen atoms in total. The normalized spacial score (nSPS) is 20.4. The van der Waals surface area contributed by atoms with Crippen LogP contribution in [0.4, 0.5) is 8.78 Å². The van der Waals surface area contributed by atoms with Gasteiger partial charge in [0, 0.05) is 11.9 Å². The highest BCUT2D eigenvalue weighted by molar-refractivity contribution is 6.04. The monoisotopic (exact) mass is 343 g/mol. The number of aliphatic hydroxyl groups excluding tert-OH is 1. The molecule has 2 heterocycles. The maximum absolute atomic E-state index is 13.6. The third-order valence-corrected chi connectivity index (χ3v) is 4.54. The van der Waals surface area contributed by atoms with Gasteiger partial charge in [0.25, 0.3) is 5.91 Å². The van der Waals surface area contributed by atoms with E-state index >= 15 is 0 Å². The maximum Gasteiger partial charge on any atom is 0.275 e. The van der Waals surface area contributed by atoms with E-state index in [1.165, 1.54) is 11.0 Å². The molecule has 4 rings (SSSR count). The summed E-state index contributed by atoms with van der Waals surface area (Å²) in [6, 6.07) is 10.2. The van der Waals surface area contributed by atoms with Crippen molar-refractivity contribution in [3.05, 3.63) is 65.4 Å². The number of aliphatic hydroxyl groups is 1. The van der Waals surface area contributed by atoms with Gasteiger partial charge < -0.3 is 10.0 Å². The summed E-state index contributed by atoms with van der Waals surface area (Å²) in [4.78, 5) is 14.4. The van der Waals surface area contributed by atoms with Crippen molar-refractivity contribution >= 4 is 16.8 Å². The average molecular weight is 343 g/mol. The number of hydrogen-bond donors (Lipinski definition) is 2. The van der Waals surface area contributed by atoms with E-state index in [0.717, 1.165) is 17.6 Å².